The number of ether oxygens (including phenoxy) is 1. The van der Waals surface area contributed by atoms with Gasteiger partial charge in [0.15, 0.2) is 5.78 Å². The number of carbonyl (C=O) groups excluding carboxylic acids is 16. The number of cyclic esters (lactones) is 1. The van der Waals surface area contributed by atoms with Crippen LogP contribution in [-0.4, -0.2) is 276 Å². The van der Waals surface area contributed by atoms with Gasteiger partial charge in [0, 0.05) is 41.2 Å². The van der Waals surface area contributed by atoms with Crippen LogP contribution in [0, 0.1) is 5.92 Å². The number of aromatic amines is 1. The molecule has 1 aliphatic heterocycles. The standard InChI is InChI=1S/C75H105N17O27.C2HF3O2/c1-5-6-7-8-9-10-11-12-18-41(94)27-56(97)84-47(26-40-33-79-45-22-16-14-19-42(40)45)69(112)87-48(29-55(78)96)70(113)89-51(32-62(106)107)71(114)92-64-39(4)119-75(118)52(28-54(95)43-20-13-15-21-44(43)77)90-74(117)63(37(2)25-59(100)101)91-72(115)53(36-93)85-58(99)34-80-66(109)49(30-60(102)103)86-65(108)38(3)82-68(111)50(31-61(104)105)88-67(110)46(23-17-24-76)83-57(98)35-81-73(64)116;3-2(4,5)1(6)7/h10-11,13-16,19-22,33,37-39,41,46-53,63-64,79,93-94H,5-9,12,17-18,23-32,34-36,76-77H2,1-4H3,(H2,78,96)(H,80,109)(H,81,116)(H,82,111)(H,83,98)(H,84,97)(H,85,99)(H,86,108)(H,87,112)(H,88,110)(H,89,113)(H,90,117)(H,91,115)(H,92,114)(H,100,101)(H,102,103)(H,104,105)(H,106,107);(H,6,7)/b11-10-;/t37-,38-,39-,41?,46-,47+,48?,49-,50-,51?,52-,53+,63+,64+;/m1./s1. The molecule has 126 heavy (non-hydrogen) atoms. The third-order valence-electron chi connectivity index (χ3n) is 18.6. The number of ketones is 1. The van der Waals surface area contributed by atoms with E-state index in [2.05, 4.69) is 65.1 Å². The number of H-pyrrole nitrogens is 1. The van der Waals surface area contributed by atoms with E-state index in [4.69, 9.17) is 31.8 Å². The number of primary amides is 1. The normalized spacial score (nSPS) is 20.7. The van der Waals surface area contributed by atoms with E-state index in [1.807, 2.05) is 28.1 Å². The molecule has 1 fully saturated rings. The molecule has 1 aromatic heterocycles. The van der Waals surface area contributed by atoms with E-state index in [-0.39, 0.29) is 37.1 Å². The van der Waals surface area contributed by atoms with Gasteiger partial charge in [0.05, 0.1) is 64.3 Å². The average molecular weight is 1790 g/mol. The van der Waals surface area contributed by atoms with E-state index in [1.165, 1.54) is 30.5 Å². The lowest BCUT2D eigenvalue weighted by Crippen LogP contribution is -2.62. The van der Waals surface area contributed by atoms with Crippen molar-refractivity contribution in [2.24, 2.45) is 17.4 Å². The van der Waals surface area contributed by atoms with Crippen LogP contribution in [0.3, 0.4) is 0 Å². The Morgan fingerprint density at radius 3 is 1.70 bits per heavy atom. The summed E-state index contributed by atoms with van der Waals surface area (Å²) in [6.45, 7) is 1.07. The van der Waals surface area contributed by atoms with Crippen molar-refractivity contribution >= 4 is 141 Å². The summed E-state index contributed by atoms with van der Waals surface area (Å²) in [7, 11) is 0. The van der Waals surface area contributed by atoms with Crippen LogP contribution in [0.25, 0.3) is 10.9 Å². The number of hydrogen-bond donors (Lipinski definition) is 24. The first-order chi connectivity index (χ1) is 59.2. The molecule has 0 spiro atoms. The number of Topliss-reactive ketones (excluding diaryl/α,β-unsaturated/α-hetero) is 1. The number of nitrogen functional groups attached to an aromatic ring is 1. The van der Waals surface area contributed by atoms with Crippen molar-refractivity contribution in [2.45, 2.75) is 222 Å². The van der Waals surface area contributed by atoms with E-state index in [9.17, 15) is 140 Å². The number of aromatic nitrogens is 1. The minimum absolute atomic E-state index is 0.103. The Hall–Kier alpha value is -13.7. The number of carboxylic acids is 5. The van der Waals surface area contributed by atoms with E-state index < -0.39 is 286 Å². The molecule has 2 heterocycles. The number of carboxylic acid groups (broad SMARTS) is 5. The van der Waals surface area contributed by atoms with Gasteiger partial charge in [-0.05, 0) is 88.6 Å². The maximum absolute atomic E-state index is 14.9. The number of benzene rings is 2. The predicted octanol–water partition coefficient (Wildman–Crippen LogP) is -5.07. The minimum Gasteiger partial charge on any atom is -0.481 e. The number of carbonyl (C=O) groups is 21. The lowest BCUT2D eigenvalue weighted by molar-refractivity contribution is -0.192. The number of hydrogen-bond acceptors (Lipinski definition) is 26. The first-order valence-corrected chi connectivity index (χ1v) is 39.3. The van der Waals surface area contributed by atoms with Gasteiger partial charge < -0.3 is 132 Å². The molecule has 2 aromatic carbocycles. The fraction of sp³-hybridized carbons (Fsp3) is 0.519. The molecule has 14 amide bonds. The lowest BCUT2D eigenvalue weighted by Gasteiger charge is -2.30. The summed E-state index contributed by atoms with van der Waals surface area (Å²) in [5.41, 5.74) is 18.0. The van der Waals surface area contributed by atoms with E-state index >= 15 is 0 Å². The summed E-state index contributed by atoms with van der Waals surface area (Å²) < 4.78 is 37.4. The maximum atomic E-state index is 14.9. The molecule has 4 rings (SSSR count). The van der Waals surface area contributed by atoms with Gasteiger partial charge in [-0.25, -0.2) is 9.59 Å². The zero-order valence-electron chi connectivity index (χ0n) is 68.8. The summed E-state index contributed by atoms with van der Waals surface area (Å²) in [6.07, 6.45) is -6.03. The molecular weight excluding hydrogens is 1680 g/mol. The second-order valence-electron chi connectivity index (χ2n) is 28.9. The molecule has 0 bridgehead atoms. The van der Waals surface area contributed by atoms with Crippen LogP contribution in [0.5, 0.6) is 0 Å². The zero-order chi connectivity index (χ0) is 94.8. The second kappa shape index (κ2) is 53.3. The highest BCUT2D eigenvalue weighted by atomic mass is 19.4. The molecule has 694 valence electrons. The van der Waals surface area contributed by atoms with E-state index in [0.717, 1.165) is 52.9 Å². The van der Waals surface area contributed by atoms with Gasteiger partial charge in [-0.2, -0.15) is 13.2 Å². The summed E-state index contributed by atoms with van der Waals surface area (Å²) in [6, 6.07) is -11.0. The Balaban J connectivity index is 0.00000559. The lowest BCUT2D eigenvalue weighted by atomic mass is 9.96. The number of nitrogens with two attached hydrogens (primary N) is 3. The molecule has 0 saturated carbocycles. The number of aliphatic hydroxyl groups excluding tert-OH is 2. The van der Waals surface area contributed by atoms with Crippen molar-refractivity contribution in [3.63, 3.8) is 0 Å². The Morgan fingerprint density at radius 1 is 0.579 bits per heavy atom. The monoisotopic (exact) mass is 1790 g/mol. The number of amides is 14. The van der Waals surface area contributed by atoms with Gasteiger partial charge in [-0.3, -0.25) is 91.1 Å². The van der Waals surface area contributed by atoms with Gasteiger partial charge in [0.2, 0.25) is 82.7 Å². The van der Waals surface area contributed by atoms with Crippen LogP contribution in [0.2, 0.25) is 0 Å². The van der Waals surface area contributed by atoms with Gasteiger partial charge in [-0.15, -0.1) is 0 Å². The second-order valence-corrected chi connectivity index (χ2v) is 28.9. The number of para-hydroxylation sites is 2. The molecule has 1 saturated heterocycles. The third-order valence-corrected chi connectivity index (χ3v) is 18.6. The van der Waals surface area contributed by atoms with Crippen molar-refractivity contribution in [3.8, 4) is 0 Å². The van der Waals surface area contributed by atoms with Crippen molar-refractivity contribution in [3.05, 3.63) is 78.0 Å². The number of aliphatic hydroxyl groups is 2. The average Bonchev–Trinajstić information content (AvgIpc) is 1.19. The number of rotatable bonds is 37. The molecule has 14 atom stereocenters. The van der Waals surface area contributed by atoms with Crippen molar-refractivity contribution < 1.29 is 154 Å². The van der Waals surface area contributed by atoms with Crippen molar-refractivity contribution in [1.29, 1.82) is 0 Å². The SMILES string of the molecule is CCCCCC/C=C\CCC(O)CC(=O)N[C@@H](Cc1c[nH]c2ccccc12)C(=O)NC(CC(N)=O)C(=O)NC(CC(=O)O)C(=O)N[C@@H]1C(=O)NCC(=O)N[C@H](CCCN)C(=O)N[C@H](CC(=O)O)C(=O)N[C@H](C)C(=O)N[C@H](CC(=O)O)C(=O)NCC(=O)N[C@@H](CO)C(=O)N[C@@H]([C@H](C)CC(=O)O)C(=O)N[C@H](CC(=O)c2ccccc2N)C(=O)O[C@@H]1C.O=C(O)C(F)(F)F. The molecule has 1 aliphatic rings. The van der Waals surface area contributed by atoms with Crippen LogP contribution in [0.4, 0.5) is 18.9 Å². The Morgan fingerprint density at radius 2 is 1.12 bits per heavy atom. The van der Waals surface area contributed by atoms with Crippen LogP contribution >= 0.6 is 0 Å². The number of alkyl halides is 3. The minimum atomic E-state index is -5.08. The van der Waals surface area contributed by atoms with Crippen molar-refractivity contribution in [2.75, 3.05) is 32.0 Å². The van der Waals surface area contributed by atoms with Gasteiger partial charge >= 0.3 is 42.0 Å². The molecule has 0 aliphatic carbocycles. The first-order valence-electron chi connectivity index (χ1n) is 39.3. The number of esters is 1. The molecule has 27 N–H and O–H groups in total. The zero-order valence-corrected chi connectivity index (χ0v) is 68.8. The van der Waals surface area contributed by atoms with Crippen LogP contribution in [0.1, 0.15) is 146 Å². The van der Waals surface area contributed by atoms with Crippen molar-refractivity contribution in [1.82, 2.24) is 74.1 Å². The fourth-order valence-corrected chi connectivity index (χ4v) is 12.0. The molecule has 49 heteroatoms. The summed E-state index contributed by atoms with van der Waals surface area (Å²) >= 11 is 0. The number of nitrogens with one attached hydrogen (secondary N) is 14. The summed E-state index contributed by atoms with van der Waals surface area (Å²) in [5.74, 6) is -33.1. The van der Waals surface area contributed by atoms with Crippen LogP contribution < -0.4 is 86.3 Å². The molecule has 3 unspecified atom stereocenters. The highest BCUT2D eigenvalue weighted by Crippen LogP contribution is 2.22. The number of anilines is 1. The summed E-state index contributed by atoms with van der Waals surface area (Å²) in [4.78, 5) is 286. The molecular formula is C77H106F3N17O29. The van der Waals surface area contributed by atoms with Gasteiger partial charge in [0.25, 0.3) is 0 Å². The number of fused-ring (bicyclic) bond motifs is 1. The highest BCUT2D eigenvalue weighted by molar-refractivity contribution is 6.05. The smallest absolute Gasteiger partial charge is 0.481 e. The number of unbranched alkanes of at least 4 members (excludes halogenated alkanes) is 4. The number of allylic oxidation sites excluding steroid dienone is 2. The maximum Gasteiger partial charge on any atom is 0.490 e. The van der Waals surface area contributed by atoms with Gasteiger partial charge in [-0.1, -0.05) is 75.6 Å². The number of aliphatic carboxylic acids is 5. The molecule has 3 aromatic rings. The highest BCUT2D eigenvalue weighted by Gasteiger charge is 2.42. The topological polar surface area (TPSA) is 760 Å². The predicted molar refractivity (Wildman–Crippen MR) is 429 cm³/mol. The van der Waals surface area contributed by atoms with Gasteiger partial charge in [0.1, 0.15) is 72.6 Å². The first kappa shape index (κ1) is 106. The molecule has 46 nitrogen and oxygen atoms in total. The largest absolute Gasteiger partial charge is 0.490 e. The molecule has 0 radical (unpaired) electrons. The Kier molecular flexibility index (Phi) is 45.1. The quantitative estimate of drug-likeness (QED) is 0.00844. The Labute approximate surface area is 715 Å². The van der Waals surface area contributed by atoms with Crippen LogP contribution in [0.15, 0.2) is 66.9 Å². The summed E-state index contributed by atoms with van der Waals surface area (Å²) in [5, 5.41) is 96.4. The van der Waals surface area contributed by atoms with Crippen LogP contribution in [-0.2, 0) is 107 Å². The van der Waals surface area contributed by atoms with E-state index in [1.54, 1.807) is 24.3 Å². The van der Waals surface area contributed by atoms with E-state index in [0.29, 0.717) is 22.9 Å². The Bertz CT molecular complexity index is 4430. The number of halogens is 3. The third kappa shape index (κ3) is 38.4. The fourth-order valence-electron chi connectivity index (χ4n) is 12.0.